The molecule has 1 aliphatic heterocycles. The van der Waals surface area contributed by atoms with Gasteiger partial charge in [-0.25, -0.2) is 9.97 Å². The number of carbonyl (C=O) groups excluding carboxylic acids is 1. The number of aryl methyl sites for hydroxylation is 1. The van der Waals surface area contributed by atoms with E-state index in [1.165, 1.54) is 11.8 Å². The lowest BCUT2D eigenvalue weighted by molar-refractivity contribution is -0.118. The largest absolute Gasteiger partial charge is 0.392 e. The van der Waals surface area contributed by atoms with Crippen LogP contribution in [0.3, 0.4) is 0 Å². The van der Waals surface area contributed by atoms with Crippen LogP contribution in [0.25, 0.3) is 0 Å². The molecular weight excluding hydrogens is 304 g/mol. The van der Waals surface area contributed by atoms with E-state index in [1.807, 2.05) is 13.0 Å². The van der Waals surface area contributed by atoms with Crippen LogP contribution in [0.15, 0.2) is 11.2 Å². The summed E-state index contributed by atoms with van der Waals surface area (Å²) in [5.41, 5.74) is 0.878. The van der Waals surface area contributed by atoms with E-state index in [1.54, 1.807) is 6.92 Å². The zero-order chi connectivity index (χ0) is 15.9. The van der Waals surface area contributed by atoms with Crippen LogP contribution in [0.1, 0.15) is 12.6 Å². The fraction of sp³-hybridized carbons (Fsp3) is 0.643. The van der Waals surface area contributed by atoms with Crippen molar-refractivity contribution in [1.82, 2.24) is 15.3 Å². The highest BCUT2D eigenvalue weighted by Crippen LogP contribution is 2.19. The van der Waals surface area contributed by atoms with Gasteiger partial charge in [-0.1, -0.05) is 11.8 Å². The summed E-state index contributed by atoms with van der Waals surface area (Å²) in [6, 6.07) is 1.95. The Morgan fingerprint density at radius 1 is 1.50 bits per heavy atom. The number of thioether (sulfide) groups is 1. The van der Waals surface area contributed by atoms with Crippen LogP contribution in [0.4, 0.5) is 5.82 Å². The number of nitrogens with one attached hydrogen (secondary N) is 1. The average Bonchev–Trinajstić information content (AvgIpc) is 2.51. The lowest BCUT2D eigenvalue weighted by atomic mass is 10.3. The number of nitrogens with zero attached hydrogens (tertiary/aromatic N) is 3. The summed E-state index contributed by atoms with van der Waals surface area (Å²) in [5.74, 6) is 0.977. The number of aliphatic hydroxyl groups excluding tert-OH is 1. The summed E-state index contributed by atoms with van der Waals surface area (Å²) in [6.07, 6.45) is -0.544. The summed E-state index contributed by atoms with van der Waals surface area (Å²) >= 11 is 1.30. The molecule has 1 fully saturated rings. The summed E-state index contributed by atoms with van der Waals surface area (Å²) in [5, 5.41) is 12.4. The van der Waals surface area contributed by atoms with E-state index in [0.717, 1.165) is 24.6 Å². The molecule has 22 heavy (non-hydrogen) atoms. The number of hydrogen-bond acceptors (Lipinski definition) is 7. The van der Waals surface area contributed by atoms with Crippen LogP contribution < -0.4 is 10.2 Å². The third-order valence-corrected chi connectivity index (χ3v) is 3.93. The van der Waals surface area contributed by atoms with Crippen LogP contribution in [0.2, 0.25) is 0 Å². The Labute approximate surface area is 134 Å². The molecule has 0 aliphatic carbocycles. The SMILES string of the molecule is Cc1cc(N2CCOCC2)nc(SCC(=O)NC[C@@H](C)O)n1. The molecule has 0 radical (unpaired) electrons. The number of rotatable bonds is 6. The van der Waals surface area contributed by atoms with Crippen LogP contribution in [0, 0.1) is 6.92 Å². The summed E-state index contributed by atoms with van der Waals surface area (Å²) < 4.78 is 5.34. The normalized spacial score (nSPS) is 16.4. The Bertz CT molecular complexity index is 507. The van der Waals surface area contributed by atoms with Crippen molar-refractivity contribution in [3.63, 3.8) is 0 Å². The van der Waals surface area contributed by atoms with Crippen molar-refractivity contribution < 1.29 is 14.6 Å². The number of carbonyl (C=O) groups is 1. The number of anilines is 1. The Balaban J connectivity index is 1.93. The predicted octanol–water partition coefficient (Wildman–Crippen LogP) is 0.211. The molecule has 1 amide bonds. The second-order valence-corrected chi connectivity index (χ2v) is 6.13. The van der Waals surface area contributed by atoms with Gasteiger partial charge in [0, 0.05) is 31.4 Å². The number of morpholine rings is 1. The maximum Gasteiger partial charge on any atom is 0.230 e. The molecule has 2 heterocycles. The molecule has 1 aromatic rings. The molecule has 0 spiro atoms. The first-order chi connectivity index (χ1) is 10.5. The fourth-order valence-electron chi connectivity index (χ4n) is 1.99. The Kier molecular flexibility index (Phi) is 6.41. The van der Waals surface area contributed by atoms with Crippen LogP contribution >= 0.6 is 11.8 Å². The van der Waals surface area contributed by atoms with Crippen molar-refractivity contribution in [2.24, 2.45) is 0 Å². The van der Waals surface area contributed by atoms with Gasteiger partial charge in [-0.15, -0.1) is 0 Å². The van der Waals surface area contributed by atoms with E-state index in [2.05, 4.69) is 20.2 Å². The van der Waals surface area contributed by atoms with E-state index in [4.69, 9.17) is 9.84 Å². The minimum Gasteiger partial charge on any atom is -0.392 e. The number of aliphatic hydroxyl groups is 1. The zero-order valence-electron chi connectivity index (χ0n) is 12.9. The van der Waals surface area contributed by atoms with E-state index in [-0.39, 0.29) is 18.2 Å². The van der Waals surface area contributed by atoms with Crippen molar-refractivity contribution in [3.8, 4) is 0 Å². The minimum absolute atomic E-state index is 0.135. The third-order valence-electron chi connectivity index (χ3n) is 3.08. The highest BCUT2D eigenvalue weighted by atomic mass is 32.2. The van der Waals surface area contributed by atoms with Crippen molar-refractivity contribution in [2.75, 3.05) is 43.5 Å². The molecule has 2 N–H and O–H groups in total. The molecule has 1 atom stereocenters. The number of amides is 1. The van der Waals surface area contributed by atoms with Gasteiger partial charge in [0.25, 0.3) is 0 Å². The van der Waals surface area contributed by atoms with Crippen LogP contribution in [0.5, 0.6) is 0 Å². The van der Waals surface area contributed by atoms with Crippen molar-refractivity contribution >= 4 is 23.5 Å². The first kappa shape index (κ1) is 17.0. The van der Waals surface area contributed by atoms with Gasteiger partial charge in [0.15, 0.2) is 5.16 Å². The van der Waals surface area contributed by atoms with Gasteiger partial charge in [-0.2, -0.15) is 0 Å². The topological polar surface area (TPSA) is 87.6 Å². The second-order valence-electron chi connectivity index (χ2n) is 5.19. The second kappa shape index (κ2) is 8.30. The van der Waals surface area contributed by atoms with E-state index in [9.17, 15) is 4.79 Å². The van der Waals surface area contributed by atoms with E-state index >= 15 is 0 Å². The number of aromatic nitrogens is 2. The first-order valence-corrected chi connectivity index (χ1v) is 8.29. The van der Waals surface area contributed by atoms with Gasteiger partial charge in [0.2, 0.25) is 5.91 Å². The smallest absolute Gasteiger partial charge is 0.230 e. The monoisotopic (exact) mass is 326 g/mol. The molecule has 1 aromatic heterocycles. The van der Waals surface area contributed by atoms with E-state index < -0.39 is 6.10 Å². The average molecular weight is 326 g/mol. The standard InChI is InChI=1S/C14H22N4O3S/c1-10-7-12(18-3-5-21-6-4-18)17-14(16-10)22-9-13(20)15-8-11(2)19/h7,11,19H,3-6,8-9H2,1-2H3,(H,15,20)/t11-/m1/s1. The lowest BCUT2D eigenvalue weighted by Crippen LogP contribution is -2.37. The van der Waals surface area contributed by atoms with Crippen LogP contribution in [-0.4, -0.2) is 65.7 Å². The maximum absolute atomic E-state index is 11.7. The van der Waals surface area contributed by atoms with Gasteiger partial charge in [0.1, 0.15) is 5.82 Å². The molecule has 1 saturated heterocycles. The maximum atomic E-state index is 11.7. The Morgan fingerprint density at radius 2 is 2.23 bits per heavy atom. The molecule has 0 aromatic carbocycles. The molecule has 122 valence electrons. The number of ether oxygens (including phenoxy) is 1. The molecule has 0 unspecified atom stereocenters. The predicted molar refractivity (Wildman–Crippen MR) is 85.2 cm³/mol. The van der Waals surface area contributed by atoms with Gasteiger partial charge < -0.3 is 20.1 Å². The van der Waals surface area contributed by atoms with Gasteiger partial charge in [-0.3, -0.25) is 4.79 Å². The quantitative estimate of drug-likeness (QED) is 0.571. The fourth-order valence-corrected chi connectivity index (χ4v) is 2.72. The molecule has 1 aliphatic rings. The van der Waals surface area contributed by atoms with Gasteiger partial charge >= 0.3 is 0 Å². The zero-order valence-corrected chi connectivity index (χ0v) is 13.7. The molecule has 7 nitrogen and oxygen atoms in total. The summed E-state index contributed by atoms with van der Waals surface area (Å²) in [4.78, 5) is 22.7. The Hall–Kier alpha value is -1.38. The molecule has 0 saturated carbocycles. The van der Waals surface area contributed by atoms with Crippen molar-refractivity contribution in [3.05, 3.63) is 11.8 Å². The summed E-state index contributed by atoms with van der Waals surface area (Å²) in [7, 11) is 0. The minimum atomic E-state index is -0.544. The molecule has 8 heteroatoms. The molecular formula is C14H22N4O3S. The van der Waals surface area contributed by atoms with Crippen LogP contribution in [-0.2, 0) is 9.53 Å². The Morgan fingerprint density at radius 3 is 2.91 bits per heavy atom. The van der Waals surface area contributed by atoms with Gasteiger partial charge in [-0.05, 0) is 13.8 Å². The van der Waals surface area contributed by atoms with E-state index in [0.29, 0.717) is 18.4 Å². The third kappa shape index (κ3) is 5.43. The van der Waals surface area contributed by atoms with Crippen molar-refractivity contribution in [2.45, 2.75) is 25.1 Å². The summed E-state index contributed by atoms with van der Waals surface area (Å²) in [6.45, 7) is 6.84. The first-order valence-electron chi connectivity index (χ1n) is 7.30. The lowest BCUT2D eigenvalue weighted by Gasteiger charge is -2.28. The highest BCUT2D eigenvalue weighted by molar-refractivity contribution is 7.99. The van der Waals surface area contributed by atoms with Crippen molar-refractivity contribution in [1.29, 1.82) is 0 Å². The highest BCUT2D eigenvalue weighted by Gasteiger charge is 2.15. The molecule has 0 bridgehead atoms. The number of hydrogen-bond donors (Lipinski definition) is 2. The van der Waals surface area contributed by atoms with Gasteiger partial charge in [0.05, 0.1) is 25.1 Å². The molecule has 2 rings (SSSR count).